The van der Waals surface area contributed by atoms with E-state index in [0.29, 0.717) is 34.8 Å². The normalized spacial score (nSPS) is 21.2. The quantitative estimate of drug-likeness (QED) is 0.863. The molecular weight excluding hydrogens is 371 g/mol. The number of nitrogens with zero attached hydrogens (tertiary/aromatic N) is 1. The molecule has 0 aromatic heterocycles. The first-order valence-electron chi connectivity index (χ1n) is 8.66. The van der Waals surface area contributed by atoms with E-state index in [1.807, 2.05) is 53.4 Å². The third-order valence-corrected chi connectivity index (χ3v) is 5.29. The summed E-state index contributed by atoms with van der Waals surface area (Å²) >= 11 is 6.00. The van der Waals surface area contributed by atoms with Gasteiger partial charge in [0.05, 0.1) is 0 Å². The first-order valence-corrected chi connectivity index (χ1v) is 9.04. The Kier molecular flexibility index (Phi) is 6.07. The van der Waals surface area contributed by atoms with Crippen molar-refractivity contribution in [3.63, 3.8) is 0 Å². The van der Waals surface area contributed by atoms with Gasteiger partial charge >= 0.3 is 0 Å². The summed E-state index contributed by atoms with van der Waals surface area (Å²) in [6, 6.07) is 15.0. The maximum absolute atomic E-state index is 12.8. The second-order valence-electron chi connectivity index (χ2n) is 6.83. The number of amides is 1. The highest BCUT2D eigenvalue weighted by atomic mass is 35.5. The van der Waals surface area contributed by atoms with E-state index < -0.39 is 0 Å². The van der Waals surface area contributed by atoms with E-state index in [4.69, 9.17) is 16.3 Å². The van der Waals surface area contributed by atoms with Crippen molar-refractivity contribution in [3.8, 4) is 5.75 Å². The number of hydrogen-bond donors (Lipinski definition) is 1. The van der Waals surface area contributed by atoms with Gasteiger partial charge < -0.3 is 15.0 Å². The largest absolute Gasteiger partial charge is 0.489 e. The molecule has 1 amide bonds. The number of nitrogens with one attached hydrogen (secondary N) is 1. The van der Waals surface area contributed by atoms with Gasteiger partial charge in [-0.05, 0) is 47.7 Å². The minimum atomic E-state index is 0. The van der Waals surface area contributed by atoms with Gasteiger partial charge in [-0.2, -0.15) is 0 Å². The standard InChI is InChI=1S/C20H21ClN2O2.ClH/c21-18-5-1-3-14(7-18)13-25-19-6-2-4-15(8-19)20(24)23-11-16-9-22-10-17(16)12-23;/h1-8,16-17,22H,9-13H2;1H/t16-,17+;. The molecule has 0 unspecified atom stereocenters. The van der Waals surface area contributed by atoms with Gasteiger partial charge in [0.1, 0.15) is 12.4 Å². The van der Waals surface area contributed by atoms with Crippen LogP contribution >= 0.6 is 24.0 Å². The van der Waals surface area contributed by atoms with Crippen LogP contribution in [0.15, 0.2) is 48.5 Å². The number of fused-ring (bicyclic) bond motifs is 1. The van der Waals surface area contributed by atoms with Crippen LogP contribution in [0.1, 0.15) is 15.9 Å². The molecule has 138 valence electrons. The second kappa shape index (κ2) is 8.30. The van der Waals surface area contributed by atoms with Gasteiger partial charge in [0.2, 0.25) is 0 Å². The molecule has 2 fully saturated rings. The van der Waals surface area contributed by atoms with Gasteiger partial charge in [-0.15, -0.1) is 12.4 Å². The Labute approximate surface area is 164 Å². The van der Waals surface area contributed by atoms with Crippen molar-refractivity contribution >= 4 is 29.9 Å². The number of rotatable bonds is 4. The molecule has 4 nitrogen and oxygen atoms in total. The summed E-state index contributed by atoms with van der Waals surface area (Å²) in [6.07, 6.45) is 0. The van der Waals surface area contributed by atoms with E-state index in [0.717, 1.165) is 31.7 Å². The lowest BCUT2D eigenvalue weighted by Gasteiger charge is -2.18. The molecule has 0 bridgehead atoms. The highest BCUT2D eigenvalue weighted by molar-refractivity contribution is 6.30. The van der Waals surface area contributed by atoms with Gasteiger partial charge in [-0.1, -0.05) is 29.8 Å². The molecule has 2 aromatic rings. The Hall–Kier alpha value is -1.75. The zero-order valence-electron chi connectivity index (χ0n) is 14.4. The van der Waals surface area contributed by atoms with Crippen molar-refractivity contribution in [2.75, 3.05) is 26.2 Å². The molecule has 26 heavy (non-hydrogen) atoms. The summed E-state index contributed by atoms with van der Waals surface area (Å²) in [4.78, 5) is 14.8. The fourth-order valence-corrected chi connectivity index (χ4v) is 3.93. The lowest BCUT2D eigenvalue weighted by atomic mass is 10.0. The maximum atomic E-state index is 12.8. The Morgan fingerprint density at radius 3 is 2.58 bits per heavy atom. The average molecular weight is 393 g/mol. The van der Waals surface area contributed by atoms with Crippen molar-refractivity contribution in [1.82, 2.24) is 10.2 Å². The van der Waals surface area contributed by atoms with E-state index >= 15 is 0 Å². The Morgan fingerprint density at radius 1 is 1.12 bits per heavy atom. The minimum absolute atomic E-state index is 0. The van der Waals surface area contributed by atoms with Crippen molar-refractivity contribution in [3.05, 3.63) is 64.7 Å². The Morgan fingerprint density at radius 2 is 1.85 bits per heavy atom. The third kappa shape index (κ3) is 4.14. The van der Waals surface area contributed by atoms with Crippen LogP contribution in [-0.2, 0) is 6.61 Å². The molecule has 2 aliphatic heterocycles. The molecule has 2 aromatic carbocycles. The van der Waals surface area contributed by atoms with E-state index in [9.17, 15) is 4.79 Å². The first kappa shape index (κ1) is 19.0. The number of benzene rings is 2. The molecule has 2 heterocycles. The monoisotopic (exact) mass is 392 g/mol. The molecule has 0 spiro atoms. The zero-order chi connectivity index (χ0) is 17.2. The summed E-state index contributed by atoms with van der Waals surface area (Å²) in [5.74, 6) is 2.01. The fourth-order valence-electron chi connectivity index (χ4n) is 3.72. The van der Waals surface area contributed by atoms with E-state index in [2.05, 4.69) is 5.32 Å². The number of likely N-dealkylation sites (tertiary alicyclic amines) is 1. The van der Waals surface area contributed by atoms with Crippen LogP contribution in [0.25, 0.3) is 0 Å². The zero-order valence-corrected chi connectivity index (χ0v) is 15.9. The summed E-state index contributed by atoms with van der Waals surface area (Å²) in [5, 5.41) is 4.10. The summed E-state index contributed by atoms with van der Waals surface area (Å²) in [7, 11) is 0. The lowest BCUT2D eigenvalue weighted by molar-refractivity contribution is 0.0781. The number of ether oxygens (including phenoxy) is 1. The number of halogens is 2. The van der Waals surface area contributed by atoms with Crippen LogP contribution < -0.4 is 10.1 Å². The van der Waals surface area contributed by atoms with E-state index in [-0.39, 0.29) is 18.3 Å². The number of hydrogen-bond acceptors (Lipinski definition) is 3. The van der Waals surface area contributed by atoms with Crippen LogP contribution in [0, 0.1) is 11.8 Å². The Bertz CT molecular complexity index is 772. The average Bonchev–Trinajstić information content (AvgIpc) is 3.21. The molecular formula is C20H22Cl2N2O2. The van der Waals surface area contributed by atoms with Crippen molar-refractivity contribution < 1.29 is 9.53 Å². The van der Waals surface area contributed by atoms with Crippen molar-refractivity contribution in [2.45, 2.75) is 6.61 Å². The summed E-state index contributed by atoms with van der Waals surface area (Å²) in [5.41, 5.74) is 1.70. The second-order valence-corrected chi connectivity index (χ2v) is 7.27. The highest BCUT2D eigenvalue weighted by Crippen LogP contribution is 2.28. The molecule has 6 heteroatoms. The predicted octanol–water partition coefficient (Wildman–Crippen LogP) is 3.63. The van der Waals surface area contributed by atoms with Crippen molar-refractivity contribution in [1.29, 1.82) is 0 Å². The predicted molar refractivity (Wildman–Crippen MR) is 105 cm³/mol. The summed E-state index contributed by atoms with van der Waals surface area (Å²) in [6.45, 7) is 4.18. The smallest absolute Gasteiger partial charge is 0.254 e. The van der Waals surface area contributed by atoms with Crippen LogP contribution in [0.2, 0.25) is 5.02 Å². The minimum Gasteiger partial charge on any atom is -0.489 e. The van der Waals surface area contributed by atoms with Crippen LogP contribution in [0.5, 0.6) is 5.75 Å². The van der Waals surface area contributed by atoms with Gasteiger partial charge in [-0.3, -0.25) is 4.79 Å². The molecule has 1 N–H and O–H groups in total. The number of carbonyl (C=O) groups excluding carboxylic acids is 1. The van der Waals surface area contributed by atoms with Crippen LogP contribution in [0.4, 0.5) is 0 Å². The van der Waals surface area contributed by atoms with Gasteiger partial charge in [-0.25, -0.2) is 0 Å². The molecule has 0 radical (unpaired) electrons. The van der Waals surface area contributed by atoms with Gasteiger partial charge in [0.15, 0.2) is 0 Å². The van der Waals surface area contributed by atoms with Crippen molar-refractivity contribution in [2.24, 2.45) is 11.8 Å². The number of carbonyl (C=O) groups is 1. The van der Waals surface area contributed by atoms with Crippen LogP contribution in [-0.4, -0.2) is 37.0 Å². The summed E-state index contributed by atoms with van der Waals surface area (Å²) < 4.78 is 5.84. The van der Waals surface area contributed by atoms with E-state index in [1.165, 1.54) is 0 Å². The third-order valence-electron chi connectivity index (χ3n) is 5.05. The lowest BCUT2D eigenvalue weighted by Crippen LogP contribution is -2.31. The molecule has 2 aliphatic rings. The topological polar surface area (TPSA) is 41.6 Å². The van der Waals surface area contributed by atoms with E-state index in [1.54, 1.807) is 0 Å². The van der Waals surface area contributed by atoms with Crippen LogP contribution in [0.3, 0.4) is 0 Å². The van der Waals surface area contributed by atoms with Gasteiger partial charge in [0, 0.05) is 36.8 Å². The highest BCUT2D eigenvalue weighted by Gasteiger charge is 2.38. The SMILES string of the molecule is Cl.O=C(c1cccc(OCc2cccc(Cl)c2)c1)N1C[C@H]2CNC[C@H]2C1. The van der Waals surface area contributed by atoms with Gasteiger partial charge in [0.25, 0.3) is 5.91 Å². The fraction of sp³-hybridized carbons (Fsp3) is 0.350. The Balaban J connectivity index is 0.00000196. The molecule has 0 aliphatic carbocycles. The molecule has 4 rings (SSSR count). The molecule has 2 saturated heterocycles. The first-order chi connectivity index (χ1) is 12.2. The molecule has 0 saturated carbocycles. The molecule has 2 atom stereocenters. The maximum Gasteiger partial charge on any atom is 0.254 e.